The number of carbonyl (C=O) groups is 1. The normalized spacial score (nSPS) is 16.3. The molecule has 1 saturated heterocycles. The lowest BCUT2D eigenvalue weighted by atomic mass is 10.2. The van der Waals surface area contributed by atoms with Crippen LogP contribution in [0.2, 0.25) is 5.02 Å². The van der Waals surface area contributed by atoms with Crippen molar-refractivity contribution in [2.75, 3.05) is 11.9 Å². The standard InChI is InChI=1S/C19H14ClF3N4O2/c20-13-9-11(4-6-14(13)22)24-19(28)27-7-1-2-16(27)18-25-17(26-29-18)12-5-3-10(21)8-15(12)23/h3-6,8-9,16H,1-2,7H2,(H,24,28)/t16-/m1/s1. The Morgan fingerprint density at radius 1 is 1.17 bits per heavy atom. The van der Waals surface area contributed by atoms with Crippen molar-refractivity contribution in [3.8, 4) is 11.4 Å². The first-order valence-electron chi connectivity index (χ1n) is 8.74. The van der Waals surface area contributed by atoms with Crippen molar-refractivity contribution >= 4 is 23.3 Å². The fourth-order valence-electron chi connectivity index (χ4n) is 3.19. The molecular formula is C19H14ClF3N4O2. The Labute approximate surface area is 168 Å². The molecule has 10 heteroatoms. The second-order valence-electron chi connectivity index (χ2n) is 6.49. The number of aromatic nitrogens is 2. The molecule has 1 aliphatic rings. The number of nitrogens with one attached hydrogen (secondary N) is 1. The minimum Gasteiger partial charge on any atom is -0.337 e. The number of halogens is 4. The molecule has 3 aromatic rings. The molecule has 2 heterocycles. The molecule has 2 amide bonds. The summed E-state index contributed by atoms with van der Waals surface area (Å²) in [5, 5.41) is 6.30. The fraction of sp³-hybridized carbons (Fsp3) is 0.211. The van der Waals surface area contributed by atoms with Crippen molar-refractivity contribution in [1.82, 2.24) is 15.0 Å². The van der Waals surface area contributed by atoms with Crippen molar-refractivity contribution in [3.05, 3.63) is 64.8 Å². The van der Waals surface area contributed by atoms with Gasteiger partial charge >= 0.3 is 6.03 Å². The minimum atomic E-state index is -0.813. The Morgan fingerprint density at radius 2 is 2.00 bits per heavy atom. The van der Waals surface area contributed by atoms with Crippen LogP contribution in [0, 0.1) is 17.5 Å². The van der Waals surface area contributed by atoms with Gasteiger partial charge in [0.25, 0.3) is 0 Å². The Morgan fingerprint density at radius 3 is 2.76 bits per heavy atom. The average Bonchev–Trinajstić information content (AvgIpc) is 3.34. The zero-order chi connectivity index (χ0) is 20.5. The van der Waals surface area contributed by atoms with Gasteiger partial charge in [-0.25, -0.2) is 18.0 Å². The first-order valence-corrected chi connectivity index (χ1v) is 9.12. The number of hydrogen-bond acceptors (Lipinski definition) is 4. The third kappa shape index (κ3) is 3.91. The largest absolute Gasteiger partial charge is 0.337 e. The highest BCUT2D eigenvalue weighted by Gasteiger charge is 2.34. The zero-order valence-electron chi connectivity index (χ0n) is 14.8. The molecule has 1 atom stereocenters. The highest BCUT2D eigenvalue weighted by molar-refractivity contribution is 6.31. The van der Waals surface area contributed by atoms with Gasteiger partial charge in [0.05, 0.1) is 10.6 Å². The summed E-state index contributed by atoms with van der Waals surface area (Å²) in [5.41, 5.74) is 0.336. The van der Waals surface area contributed by atoms with Crippen LogP contribution >= 0.6 is 11.6 Å². The average molecular weight is 423 g/mol. The van der Waals surface area contributed by atoms with Crippen LogP contribution in [-0.4, -0.2) is 27.6 Å². The van der Waals surface area contributed by atoms with Gasteiger partial charge in [-0.3, -0.25) is 0 Å². The van der Waals surface area contributed by atoms with Crippen LogP contribution in [0.5, 0.6) is 0 Å². The van der Waals surface area contributed by atoms with E-state index in [1.165, 1.54) is 23.1 Å². The summed E-state index contributed by atoms with van der Waals surface area (Å²) in [4.78, 5) is 18.3. The lowest BCUT2D eigenvalue weighted by Crippen LogP contribution is -2.34. The van der Waals surface area contributed by atoms with E-state index < -0.39 is 29.5 Å². The van der Waals surface area contributed by atoms with Gasteiger partial charge in [0, 0.05) is 18.3 Å². The molecule has 1 aliphatic heterocycles. The molecule has 6 nitrogen and oxygen atoms in total. The van der Waals surface area contributed by atoms with Gasteiger partial charge in [-0.2, -0.15) is 4.98 Å². The summed E-state index contributed by atoms with van der Waals surface area (Å²) in [6.45, 7) is 0.439. The van der Waals surface area contributed by atoms with E-state index in [-0.39, 0.29) is 22.3 Å². The molecular weight excluding hydrogens is 409 g/mol. The Kier molecular flexibility index (Phi) is 5.14. The van der Waals surface area contributed by atoms with Crippen LogP contribution in [0.4, 0.5) is 23.7 Å². The van der Waals surface area contributed by atoms with E-state index in [1.54, 1.807) is 0 Å². The third-order valence-electron chi connectivity index (χ3n) is 4.58. The number of hydrogen-bond donors (Lipinski definition) is 1. The molecule has 150 valence electrons. The maximum Gasteiger partial charge on any atom is 0.322 e. The predicted octanol–water partition coefficient (Wildman–Crippen LogP) is 5.18. The zero-order valence-corrected chi connectivity index (χ0v) is 15.6. The lowest BCUT2D eigenvalue weighted by Gasteiger charge is -2.22. The number of carbonyl (C=O) groups excluding carboxylic acids is 1. The molecule has 0 bridgehead atoms. The van der Waals surface area contributed by atoms with E-state index in [9.17, 15) is 18.0 Å². The monoisotopic (exact) mass is 422 g/mol. The van der Waals surface area contributed by atoms with Crippen LogP contribution < -0.4 is 5.32 Å². The Balaban J connectivity index is 1.53. The quantitative estimate of drug-likeness (QED) is 0.631. The lowest BCUT2D eigenvalue weighted by molar-refractivity contribution is 0.193. The summed E-state index contributed by atoms with van der Waals surface area (Å²) in [5.74, 6) is -2.00. The minimum absolute atomic E-state index is 0.00338. The van der Waals surface area contributed by atoms with Crippen molar-refractivity contribution in [2.45, 2.75) is 18.9 Å². The van der Waals surface area contributed by atoms with Crippen LogP contribution in [0.1, 0.15) is 24.8 Å². The summed E-state index contributed by atoms with van der Waals surface area (Å²) in [6.07, 6.45) is 1.27. The molecule has 1 aromatic heterocycles. The summed E-state index contributed by atoms with van der Waals surface area (Å²) in [7, 11) is 0. The second kappa shape index (κ2) is 7.75. The maximum absolute atomic E-state index is 14.0. The first kappa shape index (κ1) is 19.3. The number of likely N-dealkylation sites (tertiary alicyclic amines) is 1. The Bertz CT molecular complexity index is 1080. The third-order valence-corrected chi connectivity index (χ3v) is 4.87. The molecule has 1 N–H and O–H groups in total. The van der Waals surface area contributed by atoms with Gasteiger partial charge in [0.15, 0.2) is 0 Å². The maximum atomic E-state index is 14.0. The summed E-state index contributed by atoms with van der Waals surface area (Å²) >= 11 is 5.74. The Hall–Kier alpha value is -3.07. The van der Waals surface area contributed by atoms with E-state index in [0.29, 0.717) is 25.1 Å². The molecule has 0 spiro atoms. The number of rotatable bonds is 3. The van der Waals surface area contributed by atoms with E-state index in [4.69, 9.17) is 16.1 Å². The second-order valence-corrected chi connectivity index (χ2v) is 6.90. The summed E-state index contributed by atoms with van der Waals surface area (Å²) in [6, 6.07) is 5.96. The highest BCUT2D eigenvalue weighted by Crippen LogP contribution is 2.33. The number of urea groups is 1. The molecule has 29 heavy (non-hydrogen) atoms. The number of anilines is 1. The van der Waals surface area contributed by atoms with Gasteiger partial charge in [-0.1, -0.05) is 16.8 Å². The molecule has 0 aliphatic carbocycles. The van der Waals surface area contributed by atoms with Crippen LogP contribution in [-0.2, 0) is 0 Å². The number of amides is 2. The van der Waals surface area contributed by atoms with Gasteiger partial charge in [-0.05, 0) is 43.2 Å². The van der Waals surface area contributed by atoms with Gasteiger partial charge in [-0.15, -0.1) is 0 Å². The van der Waals surface area contributed by atoms with Crippen molar-refractivity contribution < 1.29 is 22.5 Å². The van der Waals surface area contributed by atoms with Gasteiger partial charge in [0.1, 0.15) is 23.5 Å². The highest BCUT2D eigenvalue weighted by atomic mass is 35.5. The molecule has 0 radical (unpaired) electrons. The fourth-order valence-corrected chi connectivity index (χ4v) is 3.37. The smallest absolute Gasteiger partial charge is 0.322 e. The van der Waals surface area contributed by atoms with Gasteiger partial charge in [0.2, 0.25) is 11.7 Å². The molecule has 4 rings (SSSR count). The van der Waals surface area contributed by atoms with Gasteiger partial charge < -0.3 is 14.7 Å². The van der Waals surface area contributed by atoms with E-state index >= 15 is 0 Å². The molecule has 2 aromatic carbocycles. The van der Waals surface area contributed by atoms with E-state index in [0.717, 1.165) is 18.2 Å². The van der Waals surface area contributed by atoms with Crippen molar-refractivity contribution in [3.63, 3.8) is 0 Å². The van der Waals surface area contributed by atoms with Crippen molar-refractivity contribution in [2.24, 2.45) is 0 Å². The van der Waals surface area contributed by atoms with Crippen LogP contribution in [0.15, 0.2) is 40.9 Å². The molecule has 0 unspecified atom stereocenters. The summed E-state index contributed by atoms with van der Waals surface area (Å²) < 4.78 is 45.6. The van der Waals surface area contributed by atoms with E-state index in [2.05, 4.69) is 15.5 Å². The first-order chi connectivity index (χ1) is 13.9. The number of benzene rings is 2. The predicted molar refractivity (Wildman–Crippen MR) is 98.8 cm³/mol. The molecule has 1 fully saturated rings. The SMILES string of the molecule is O=C(Nc1ccc(F)c(Cl)c1)N1CCC[C@@H]1c1nc(-c2ccc(F)cc2F)no1. The number of nitrogens with zero attached hydrogens (tertiary/aromatic N) is 3. The van der Waals surface area contributed by atoms with Crippen LogP contribution in [0.3, 0.4) is 0 Å². The van der Waals surface area contributed by atoms with E-state index in [1.807, 2.05) is 0 Å². The molecule has 0 saturated carbocycles. The topological polar surface area (TPSA) is 71.3 Å². The van der Waals surface area contributed by atoms with Crippen molar-refractivity contribution in [1.29, 1.82) is 0 Å². The van der Waals surface area contributed by atoms with Crippen LogP contribution in [0.25, 0.3) is 11.4 Å².